The van der Waals surface area contributed by atoms with Gasteiger partial charge in [-0.25, -0.2) is 0 Å². The smallest absolute Gasteiger partial charge is 0.128 e. The Balaban J connectivity index is 1.60. The van der Waals surface area contributed by atoms with Crippen LogP contribution in [0.2, 0.25) is 0 Å². The number of aromatic amines is 1. The summed E-state index contributed by atoms with van der Waals surface area (Å²) in [6, 6.07) is 10.3. The van der Waals surface area contributed by atoms with Crippen LogP contribution in [-0.2, 0) is 13.0 Å². The fraction of sp³-hybridized carbons (Fsp3) is 0.278. The molecule has 1 aromatic heterocycles. The van der Waals surface area contributed by atoms with Crippen molar-refractivity contribution in [2.75, 3.05) is 12.4 Å². The highest BCUT2D eigenvalue weighted by molar-refractivity contribution is 5.81. The molecule has 0 unspecified atom stereocenters. The number of ether oxygens (including phenoxy) is 2. The van der Waals surface area contributed by atoms with E-state index >= 15 is 0 Å². The molecule has 0 bridgehead atoms. The van der Waals surface area contributed by atoms with E-state index in [0.29, 0.717) is 6.54 Å². The topological polar surface area (TPSA) is 59.2 Å². The maximum atomic E-state index is 5.97. The molecule has 0 saturated heterocycles. The van der Waals surface area contributed by atoms with Crippen molar-refractivity contribution in [3.63, 3.8) is 0 Å². The number of anilines is 1. The highest BCUT2D eigenvalue weighted by Crippen LogP contribution is 2.36. The van der Waals surface area contributed by atoms with Gasteiger partial charge in [-0.2, -0.15) is 5.10 Å². The van der Waals surface area contributed by atoms with Crippen LogP contribution < -0.4 is 14.8 Å². The number of rotatable bonds is 4. The monoisotopic (exact) mass is 309 g/mol. The normalized spacial score (nSPS) is 16.2. The van der Waals surface area contributed by atoms with Gasteiger partial charge in [-0.05, 0) is 37.3 Å². The third-order valence-electron chi connectivity index (χ3n) is 4.20. The fourth-order valence-corrected chi connectivity index (χ4v) is 3.08. The second kappa shape index (κ2) is 5.50. The molecule has 1 aliphatic rings. The third kappa shape index (κ3) is 2.59. The molecule has 23 heavy (non-hydrogen) atoms. The van der Waals surface area contributed by atoms with Gasteiger partial charge in [0.15, 0.2) is 0 Å². The van der Waals surface area contributed by atoms with E-state index in [0.717, 1.165) is 40.1 Å². The number of aromatic nitrogens is 2. The first-order valence-electron chi connectivity index (χ1n) is 7.76. The van der Waals surface area contributed by atoms with Crippen LogP contribution in [0.5, 0.6) is 11.5 Å². The minimum absolute atomic E-state index is 0.220. The van der Waals surface area contributed by atoms with E-state index in [1.807, 2.05) is 24.4 Å². The number of methoxy groups -OCH3 is 1. The van der Waals surface area contributed by atoms with Gasteiger partial charge >= 0.3 is 0 Å². The number of nitrogens with one attached hydrogen (secondary N) is 2. The van der Waals surface area contributed by atoms with Crippen molar-refractivity contribution in [1.82, 2.24) is 10.2 Å². The Hall–Kier alpha value is -2.69. The average molecular weight is 309 g/mol. The Labute approximate surface area is 134 Å². The lowest BCUT2D eigenvalue weighted by molar-refractivity contribution is 0.252. The van der Waals surface area contributed by atoms with Crippen LogP contribution in [0.15, 0.2) is 36.5 Å². The van der Waals surface area contributed by atoms with Gasteiger partial charge in [0.25, 0.3) is 0 Å². The van der Waals surface area contributed by atoms with Crippen molar-refractivity contribution in [3.05, 3.63) is 47.7 Å². The molecule has 0 spiro atoms. The minimum Gasteiger partial charge on any atom is -0.497 e. The maximum Gasteiger partial charge on any atom is 0.128 e. The minimum atomic E-state index is 0.220. The molecule has 0 fully saturated rings. The Kier molecular flexibility index (Phi) is 3.33. The molecule has 5 heteroatoms. The number of benzene rings is 2. The zero-order valence-corrected chi connectivity index (χ0v) is 13.2. The number of nitrogens with zero attached hydrogens (tertiary/aromatic N) is 1. The molecule has 4 rings (SSSR count). The second-order valence-corrected chi connectivity index (χ2v) is 5.93. The zero-order valence-electron chi connectivity index (χ0n) is 13.2. The summed E-state index contributed by atoms with van der Waals surface area (Å²) >= 11 is 0. The molecule has 1 aliphatic heterocycles. The first-order valence-corrected chi connectivity index (χ1v) is 7.76. The highest BCUT2D eigenvalue weighted by Gasteiger charge is 2.23. The molecule has 0 saturated carbocycles. The molecule has 0 radical (unpaired) electrons. The van der Waals surface area contributed by atoms with Gasteiger partial charge < -0.3 is 14.8 Å². The van der Waals surface area contributed by atoms with Gasteiger partial charge in [-0.1, -0.05) is 0 Å². The van der Waals surface area contributed by atoms with E-state index in [4.69, 9.17) is 9.47 Å². The molecule has 3 aromatic rings. The Morgan fingerprint density at radius 3 is 3.13 bits per heavy atom. The molecule has 0 amide bonds. The van der Waals surface area contributed by atoms with Crippen molar-refractivity contribution in [3.8, 4) is 11.5 Å². The second-order valence-electron chi connectivity index (χ2n) is 5.93. The van der Waals surface area contributed by atoms with E-state index in [1.165, 1.54) is 5.56 Å². The van der Waals surface area contributed by atoms with Crippen molar-refractivity contribution in [2.45, 2.75) is 26.0 Å². The molecule has 5 nitrogen and oxygen atoms in total. The lowest BCUT2D eigenvalue weighted by atomic mass is 10.1. The number of fused-ring (bicyclic) bond motifs is 2. The van der Waals surface area contributed by atoms with Gasteiger partial charge in [0.1, 0.15) is 17.6 Å². The summed E-state index contributed by atoms with van der Waals surface area (Å²) in [7, 11) is 1.70. The molecule has 0 aliphatic carbocycles. The quantitative estimate of drug-likeness (QED) is 0.774. The van der Waals surface area contributed by atoms with Gasteiger partial charge in [-0.15, -0.1) is 0 Å². The zero-order chi connectivity index (χ0) is 15.8. The summed E-state index contributed by atoms with van der Waals surface area (Å²) < 4.78 is 11.4. The van der Waals surface area contributed by atoms with Crippen LogP contribution in [0.4, 0.5) is 5.69 Å². The lowest BCUT2D eigenvalue weighted by Crippen LogP contribution is -2.07. The van der Waals surface area contributed by atoms with Crippen LogP contribution in [-0.4, -0.2) is 23.4 Å². The van der Waals surface area contributed by atoms with Crippen molar-refractivity contribution in [2.24, 2.45) is 0 Å². The van der Waals surface area contributed by atoms with Crippen LogP contribution in [0.1, 0.15) is 18.1 Å². The summed E-state index contributed by atoms with van der Waals surface area (Å²) in [5, 5.41) is 11.6. The number of H-pyrrole nitrogens is 1. The van der Waals surface area contributed by atoms with Gasteiger partial charge in [0.2, 0.25) is 0 Å². The third-order valence-corrected chi connectivity index (χ3v) is 4.20. The summed E-state index contributed by atoms with van der Waals surface area (Å²) in [5.74, 6) is 1.87. The van der Waals surface area contributed by atoms with Crippen LogP contribution in [0.3, 0.4) is 0 Å². The lowest BCUT2D eigenvalue weighted by Gasteiger charge is -2.13. The Bertz CT molecular complexity index is 857. The average Bonchev–Trinajstić information content (AvgIpc) is 3.16. The predicted molar refractivity (Wildman–Crippen MR) is 90.2 cm³/mol. The van der Waals surface area contributed by atoms with Crippen molar-refractivity contribution < 1.29 is 9.47 Å². The molecule has 1 atom stereocenters. The molecular formula is C18H19N3O2. The van der Waals surface area contributed by atoms with E-state index in [1.54, 1.807) is 7.11 Å². The summed E-state index contributed by atoms with van der Waals surface area (Å²) in [4.78, 5) is 0. The molecule has 118 valence electrons. The first-order chi connectivity index (χ1) is 11.2. The SMILES string of the molecule is COc1cc(CNc2ccc3[nH]ncc3c2)c2c(c1)C[C@H](C)O2. The van der Waals surface area contributed by atoms with Gasteiger partial charge in [-0.3, -0.25) is 5.10 Å². The van der Waals surface area contributed by atoms with Gasteiger partial charge in [0.05, 0.1) is 18.8 Å². The fourth-order valence-electron chi connectivity index (χ4n) is 3.08. The number of hydrogen-bond donors (Lipinski definition) is 2. The van der Waals surface area contributed by atoms with E-state index < -0.39 is 0 Å². The maximum absolute atomic E-state index is 5.97. The largest absolute Gasteiger partial charge is 0.497 e. The van der Waals surface area contributed by atoms with E-state index in [9.17, 15) is 0 Å². The van der Waals surface area contributed by atoms with Crippen LogP contribution >= 0.6 is 0 Å². The van der Waals surface area contributed by atoms with Crippen molar-refractivity contribution in [1.29, 1.82) is 0 Å². The Morgan fingerprint density at radius 1 is 1.35 bits per heavy atom. The number of hydrogen-bond acceptors (Lipinski definition) is 4. The molecule has 2 aromatic carbocycles. The predicted octanol–water partition coefficient (Wildman–Crippen LogP) is 3.51. The molecule has 2 N–H and O–H groups in total. The first kappa shape index (κ1) is 13.9. The van der Waals surface area contributed by atoms with Crippen LogP contribution in [0, 0.1) is 0 Å². The summed E-state index contributed by atoms with van der Waals surface area (Å²) in [5.41, 5.74) is 4.44. The highest BCUT2D eigenvalue weighted by atomic mass is 16.5. The van der Waals surface area contributed by atoms with E-state index in [2.05, 4.69) is 34.6 Å². The molecule has 2 heterocycles. The molecular weight excluding hydrogens is 290 g/mol. The van der Waals surface area contributed by atoms with E-state index in [-0.39, 0.29) is 6.10 Å². The summed E-state index contributed by atoms with van der Waals surface area (Å²) in [6.07, 6.45) is 2.98. The summed E-state index contributed by atoms with van der Waals surface area (Å²) in [6.45, 7) is 2.78. The van der Waals surface area contributed by atoms with Crippen LogP contribution in [0.25, 0.3) is 10.9 Å². The van der Waals surface area contributed by atoms with Crippen molar-refractivity contribution >= 4 is 16.6 Å². The Morgan fingerprint density at radius 2 is 2.26 bits per heavy atom. The standard InChI is InChI=1S/C18H19N3O2/c1-11-5-12-7-16(22-2)8-14(18(12)23-11)9-19-15-3-4-17-13(6-15)10-20-21-17/h3-4,6-8,10-11,19H,5,9H2,1-2H3,(H,20,21)/t11-/m0/s1. The van der Waals surface area contributed by atoms with Gasteiger partial charge in [0, 0.05) is 35.2 Å².